The number of thiocarbonyl (C=S) groups is 1. The summed E-state index contributed by atoms with van der Waals surface area (Å²) in [6.45, 7) is 6.89. The van der Waals surface area contributed by atoms with Crippen molar-refractivity contribution < 1.29 is 4.74 Å². The van der Waals surface area contributed by atoms with Crippen molar-refractivity contribution in [1.82, 2.24) is 10.3 Å². The van der Waals surface area contributed by atoms with Crippen molar-refractivity contribution in [3.63, 3.8) is 0 Å². The Morgan fingerprint density at radius 1 is 1.38 bits per heavy atom. The van der Waals surface area contributed by atoms with Gasteiger partial charge in [-0.05, 0) is 56.8 Å². The molecule has 0 spiro atoms. The van der Waals surface area contributed by atoms with E-state index >= 15 is 0 Å². The average molecular weight is 321 g/mol. The minimum absolute atomic E-state index is 0.601. The summed E-state index contributed by atoms with van der Waals surface area (Å²) in [6, 6.07) is 6.09. The number of hydrogen-bond acceptors (Lipinski definition) is 4. The zero-order valence-electron chi connectivity index (χ0n) is 12.6. The van der Waals surface area contributed by atoms with Gasteiger partial charge in [0, 0.05) is 17.0 Å². The molecule has 2 rings (SSSR count). The van der Waals surface area contributed by atoms with E-state index in [1.54, 1.807) is 18.4 Å². The van der Waals surface area contributed by atoms with Gasteiger partial charge in [0.05, 0.1) is 12.8 Å². The predicted molar refractivity (Wildman–Crippen MR) is 93.5 cm³/mol. The molecule has 0 saturated heterocycles. The largest absolute Gasteiger partial charge is 0.496 e. The van der Waals surface area contributed by atoms with Crippen LogP contribution in [0, 0.1) is 13.8 Å². The number of aromatic nitrogens is 1. The van der Waals surface area contributed by atoms with Gasteiger partial charge in [0.2, 0.25) is 0 Å². The van der Waals surface area contributed by atoms with Gasteiger partial charge in [0.15, 0.2) is 10.2 Å². The summed E-state index contributed by atoms with van der Waals surface area (Å²) in [5.74, 6) is 0.887. The fourth-order valence-electron chi connectivity index (χ4n) is 2.05. The second-order valence-corrected chi connectivity index (χ2v) is 6.20. The van der Waals surface area contributed by atoms with Crippen LogP contribution in [-0.4, -0.2) is 23.8 Å². The topological polar surface area (TPSA) is 46.2 Å². The molecule has 1 aromatic carbocycles. The summed E-state index contributed by atoms with van der Waals surface area (Å²) >= 11 is 6.78. The third-order valence-electron chi connectivity index (χ3n) is 3.02. The summed E-state index contributed by atoms with van der Waals surface area (Å²) in [6.07, 6.45) is 0. The number of rotatable bonds is 4. The van der Waals surface area contributed by atoms with E-state index in [-0.39, 0.29) is 0 Å². The first-order chi connectivity index (χ1) is 10.0. The van der Waals surface area contributed by atoms with Gasteiger partial charge in [0.1, 0.15) is 5.75 Å². The molecule has 4 nitrogen and oxygen atoms in total. The van der Waals surface area contributed by atoms with Gasteiger partial charge >= 0.3 is 0 Å². The molecule has 21 heavy (non-hydrogen) atoms. The van der Waals surface area contributed by atoms with Gasteiger partial charge in [-0.25, -0.2) is 4.98 Å². The normalized spacial score (nSPS) is 10.3. The van der Waals surface area contributed by atoms with Crippen LogP contribution in [0.3, 0.4) is 0 Å². The Kier molecular flexibility index (Phi) is 5.14. The zero-order valence-corrected chi connectivity index (χ0v) is 14.2. The first kappa shape index (κ1) is 15.7. The van der Waals surface area contributed by atoms with Gasteiger partial charge in [0.25, 0.3) is 0 Å². The molecule has 0 radical (unpaired) electrons. The monoisotopic (exact) mass is 321 g/mol. The van der Waals surface area contributed by atoms with Crippen molar-refractivity contribution >= 4 is 33.8 Å². The van der Waals surface area contributed by atoms with Crippen molar-refractivity contribution in [1.29, 1.82) is 0 Å². The summed E-state index contributed by atoms with van der Waals surface area (Å²) in [7, 11) is 1.68. The third kappa shape index (κ3) is 3.71. The van der Waals surface area contributed by atoms with Crippen LogP contribution in [-0.2, 0) is 0 Å². The van der Waals surface area contributed by atoms with E-state index < -0.39 is 0 Å². The molecule has 0 bridgehead atoms. The second-order valence-electron chi connectivity index (χ2n) is 4.59. The number of benzene rings is 1. The van der Waals surface area contributed by atoms with Gasteiger partial charge in [-0.3, -0.25) is 0 Å². The number of hydrogen-bond donors (Lipinski definition) is 2. The van der Waals surface area contributed by atoms with Gasteiger partial charge < -0.3 is 15.4 Å². The first-order valence-corrected chi connectivity index (χ1v) is 7.95. The van der Waals surface area contributed by atoms with E-state index in [0.717, 1.165) is 39.1 Å². The molecule has 2 aromatic rings. The molecule has 0 amide bonds. The Labute approximate surface area is 134 Å². The van der Waals surface area contributed by atoms with Crippen LogP contribution in [0.1, 0.15) is 17.4 Å². The number of anilines is 1. The van der Waals surface area contributed by atoms with E-state index in [1.807, 2.05) is 26.0 Å². The first-order valence-electron chi connectivity index (χ1n) is 6.72. The fraction of sp³-hybridized carbons (Fsp3) is 0.333. The summed E-state index contributed by atoms with van der Waals surface area (Å²) in [5.41, 5.74) is 3.16. The van der Waals surface area contributed by atoms with E-state index in [9.17, 15) is 0 Å². The molecule has 0 atom stereocenters. The maximum atomic E-state index is 5.30. The van der Waals surface area contributed by atoms with Gasteiger partial charge in [-0.15, -0.1) is 11.3 Å². The molecular formula is C15H19N3OS2. The van der Waals surface area contributed by atoms with E-state index in [2.05, 4.69) is 28.6 Å². The maximum absolute atomic E-state index is 5.30. The van der Waals surface area contributed by atoms with Crippen molar-refractivity contribution in [2.75, 3.05) is 19.0 Å². The van der Waals surface area contributed by atoms with Crippen LogP contribution in [0.5, 0.6) is 5.75 Å². The number of thiazole rings is 1. The summed E-state index contributed by atoms with van der Waals surface area (Å²) in [4.78, 5) is 5.79. The van der Waals surface area contributed by atoms with Crippen LogP contribution in [0.15, 0.2) is 18.2 Å². The lowest BCUT2D eigenvalue weighted by molar-refractivity contribution is 0.412. The van der Waals surface area contributed by atoms with Gasteiger partial charge in [-0.1, -0.05) is 0 Å². The molecule has 2 N–H and O–H groups in total. The fourth-order valence-corrected chi connectivity index (χ4v) is 3.19. The summed E-state index contributed by atoms with van der Waals surface area (Å²) < 4.78 is 5.30. The standard InChI is InChI=1S/C15H19N3OS2/c1-5-16-14(20)18-15-17-13(10(3)21-15)11-6-7-12(19-4)9(2)8-11/h6-8H,5H2,1-4H3,(H2,16,17,18,20). The Balaban J connectivity index is 2.26. The number of ether oxygens (including phenoxy) is 1. The van der Waals surface area contributed by atoms with Gasteiger partial charge in [-0.2, -0.15) is 0 Å². The molecule has 0 aliphatic heterocycles. The van der Waals surface area contributed by atoms with Crippen LogP contribution in [0.25, 0.3) is 11.3 Å². The lowest BCUT2D eigenvalue weighted by atomic mass is 10.1. The molecule has 0 aliphatic carbocycles. The molecule has 0 fully saturated rings. The van der Waals surface area contributed by atoms with Crippen molar-refractivity contribution in [2.45, 2.75) is 20.8 Å². The molecular weight excluding hydrogens is 302 g/mol. The van der Waals surface area contributed by atoms with E-state index in [0.29, 0.717) is 5.11 Å². The van der Waals surface area contributed by atoms with Crippen LogP contribution < -0.4 is 15.4 Å². The SMILES string of the molecule is CCNC(=S)Nc1nc(-c2ccc(OC)c(C)c2)c(C)s1. The molecule has 0 unspecified atom stereocenters. The number of aryl methyl sites for hydroxylation is 2. The van der Waals surface area contributed by atoms with Crippen molar-refractivity contribution in [3.05, 3.63) is 28.6 Å². The Morgan fingerprint density at radius 2 is 2.14 bits per heavy atom. The number of methoxy groups -OCH3 is 1. The molecule has 0 saturated carbocycles. The zero-order chi connectivity index (χ0) is 15.4. The highest BCUT2D eigenvalue weighted by Crippen LogP contribution is 2.32. The highest BCUT2D eigenvalue weighted by Gasteiger charge is 2.12. The summed E-state index contributed by atoms with van der Waals surface area (Å²) in [5, 5.41) is 7.58. The molecule has 1 aromatic heterocycles. The Morgan fingerprint density at radius 3 is 2.76 bits per heavy atom. The van der Waals surface area contributed by atoms with E-state index in [4.69, 9.17) is 17.0 Å². The number of nitrogens with zero attached hydrogens (tertiary/aromatic N) is 1. The lowest BCUT2D eigenvalue weighted by Gasteiger charge is -2.06. The quantitative estimate of drug-likeness (QED) is 0.840. The smallest absolute Gasteiger partial charge is 0.189 e. The average Bonchev–Trinajstić information content (AvgIpc) is 2.79. The lowest BCUT2D eigenvalue weighted by Crippen LogP contribution is -2.27. The minimum atomic E-state index is 0.601. The van der Waals surface area contributed by atoms with Crippen molar-refractivity contribution in [3.8, 4) is 17.0 Å². The maximum Gasteiger partial charge on any atom is 0.189 e. The van der Waals surface area contributed by atoms with Crippen LogP contribution in [0.2, 0.25) is 0 Å². The minimum Gasteiger partial charge on any atom is -0.496 e. The van der Waals surface area contributed by atoms with Crippen LogP contribution >= 0.6 is 23.6 Å². The molecule has 6 heteroatoms. The molecule has 112 valence electrons. The Bertz CT molecular complexity index is 652. The predicted octanol–water partition coefficient (Wildman–Crippen LogP) is 3.74. The number of nitrogens with one attached hydrogen (secondary N) is 2. The highest BCUT2D eigenvalue weighted by atomic mass is 32.1. The van der Waals surface area contributed by atoms with Crippen LogP contribution in [0.4, 0.5) is 5.13 Å². The molecule has 1 heterocycles. The highest BCUT2D eigenvalue weighted by molar-refractivity contribution is 7.80. The Hall–Kier alpha value is -1.66. The molecule has 0 aliphatic rings. The van der Waals surface area contributed by atoms with E-state index in [1.165, 1.54) is 0 Å². The van der Waals surface area contributed by atoms with Crippen molar-refractivity contribution in [2.24, 2.45) is 0 Å². The second kappa shape index (κ2) is 6.87. The third-order valence-corrected chi connectivity index (χ3v) is 4.16.